The molecule has 23 heavy (non-hydrogen) atoms. The monoisotopic (exact) mass is 326 g/mol. The summed E-state index contributed by atoms with van der Waals surface area (Å²) in [5.74, 6) is 3.32. The number of hydrogen-bond acceptors (Lipinski definition) is 5. The van der Waals surface area contributed by atoms with Crippen LogP contribution in [0.5, 0.6) is 0 Å². The zero-order chi connectivity index (χ0) is 15.6. The summed E-state index contributed by atoms with van der Waals surface area (Å²) < 4.78 is 7.67. The van der Waals surface area contributed by atoms with Crippen molar-refractivity contribution >= 4 is 11.8 Å². The summed E-state index contributed by atoms with van der Waals surface area (Å²) >= 11 is 1.65. The van der Waals surface area contributed by atoms with Crippen molar-refractivity contribution in [2.45, 2.75) is 43.1 Å². The fourth-order valence-electron chi connectivity index (χ4n) is 2.61. The second-order valence-corrected chi connectivity index (χ2v) is 6.63. The lowest BCUT2D eigenvalue weighted by molar-refractivity contribution is 0.397. The van der Waals surface area contributed by atoms with Gasteiger partial charge in [0.25, 0.3) is 0 Å². The van der Waals surface area contributed by atoms with Gasteiger partial charge in [0.05, 0.1) is 5.75 Å². The van der Waals surface area contributed by atoms with Crippen molar-refractivity contribution in [3.05, 3.63) is 48.0 Å². The first-order valence-electron chi connectivity index (χ1n) is 7.92. The van der Waals surface area contributed by atoms with Crippen LogP contribution in [0.3, 0.4) is 0 Å². The molecule has 1 aliphatic carbocycles. The van der Waals surface area contributed by atoms with Crippen molar-refractivity contribution in [3.63, 3.8) is 0 Å². The highest BCUT2D eigenvalue weighted by Crippen LogP contribution is 2.40. The van der Waals surface area contributed by atoms with Crippen LogP contribution in [0.2, 0.25) is 0 Å². The van der Waals surface area contributed by atoms with Crippen LogP contribution in [0, 0.1) is 0 Å². The number of hydrogen-bond donors (Lipinski definition) is 0. The normalized spacial score (nSPS) is 14.3. The van der Waals surface area contributed by atoms with Gasteiger partial charge in [-0.1, -0.05) is 47.3 Å². The molecule has 1 saturated carbocycles. The summed E-state index contributed by atoms with van der Waals surface area (Å²) in [6.07, 6.45) is 2.48. The second kappa shape index (κ2) is 6.20. The van der Waals surface area contributed by atoms with E-state index in [4.69, 9.17) is 4.52 Å². The Morgan fingerprint density at radius 2 is 2.04 bits per heavy atom. The maximum absolute atomic E-state index is 5.45. The van der Waals surface area contributed by atoms with Gasteiger partial charge in [-0.3, -0.25) is 0 Å². The van der Waals surface area contributed by atoms with Crippen LogP contribution >= 0.6 is 11.8 Å². The smallest absolute Gasteiger partial charge is 0.191 e. The van der Waals surface area contributed by atoms with Gasteiger partial charge in [-0.15, -0.1) is 10.2 Å². The molecule has 1 fully saturated rings. The van der Waals surface area contributed by atoms with Crippen LogP contribution in [-0.2, 0) is 12.3 Å². The Kier molecular flexibility index (Phi) is 3.91. The van der Waals surface area contributed by atoms with E-state index in [0.29, 0.717) is 11.7 Å². The van der Waals surface area contributed by atoms with E-state index in [1.165, 1.54) is 12.8 Å². The van der Waals surface area contributed by atoms with Gasteiger partial charge >= 0.3 is 0 Å². The summed E-state index contributed by atoms with van der Waals surface area (Å²) in [6.45, 7) is 3.05. The first-order valence-corrected chi connectivity index (χ1v) is 8.90. The molecule has 0 bridgehead atoms. The van der Waals surface area contributed by atoms with E-state index in [2.05, 4.69) is 26.8 Å². The third kappa shape index (κ3) is 3.03. The molecule has 0 N–H and O–H groups in total. The zero-order valence-electron chi connectivity index (χ0n) is 13.0. The third-order valence-electron chi connectivity index (χ3n) is 3.98. The standard InChI is InChI=1S/C17H18N4OS/c1-2-21-16(13-8-9-13)18-19-17(21)23-11-14-10-15(20-22-14)12-6-4-3-5-7-12/h3-7,10,13H,2,8-9,11H2,1H3. The molecule has 2 aromatic heterocycles. The highest BCUT2D eigenvalue weighted by molar-refractivity contribution is 7.98. The summed E-state index contributed by atoms with van der Waals surface area (Å²) in [7, 11) is 0. The van der Waals surface area contributed by atoms with E-state index in [1.807, 2.05) is 36.4 Å². The van der Waals surface area contributed by atoms with Crippen molar-refractivity contribution in [1.29, 1.82) is 0 Å². The van der Waals surface area contributed by atoms with Crippen molar-refractivity contribution in [2.24, 2.45) is 0 Å². The Balaban J connectivity index is 1.46. The van der Waals surface area contributed by atoms with E-state index in [1.54, 1.807) is 11.8 Å². The Bertz CT molecular complexity index is 792. The lowest BCUT2D eigenvalue weighted by Gasteiger charge is -2.05. The number of thioether (sulfide) groups is 1. The quantitative estimate of drug-likeness (QED) is 0.638. The van der Waals surface area contributed by atoms with Gasteiger partial charge < -0.3 is 9.09 Å². The van der Waals surface area contributed by atoms with Crippen molar-refractivity contribution in [1.82, 2.24) is 19.9 Å². The van der Waals surface area contributed by atoms with Crippen LogP contribution in [0.15, 0.2) is 46.1 Å². The lowest BCUT2D eigenvalue weighted by Crippen LogP contribution is -2.01. The first kappa shape index (κ1) is 14.5. The van der Waals surface area contributed by atoms with Gasteiger partial charge in [0.15, 0.2) is 5.16 Å². The summed E-state index contributed by atoms with van der Waals surface area (Å²) in [5.41, 5.74) is 1.94. The fraction of sp³-hybridized carbons (Fsp3) is 0.353. The van der Waals surface area contributed by atoms with Crippen LogP contribution in [0.1, 0.15) is 37.3 Å². The Hall–Kier alpha value is -2.08. The highest BCUT2D eigenvalue weighted by atomic mass is 32.2. The van der Waals surface area contributed by atoms with Crippen LogP contribution < -0.4 is 0 Å². The highest BCUT2D eigenvalue weighted by Gasteiger charge is 2.30. The van der Waals surface area contributed by atoms with Crippen molar-refractivity contribution < 1.29 is 4.52 Å². The fourth-order valence-corrected chi connectivity index (χ4v) is 3.49. The van der Waals surface area contributed by atoms with Gasteiger partial charge in [0.1, 0.15) is 17.3 Å². The molecule has 118 valence electrons. The predicted molar refractivity (Wildman–Crippen MR) is 89.2 cm³/mol. The molecule has 4 rings (SSSR count). The topological polar surface area (TPSA) is 56.7 Å². The average molecular weight is 326 g/mol. The van der Waals surface area contributed by atoms with E-state index in [-0.39, 0.29) is 0 Å². The minimum absolute atomic E-state index is 0.617. The maximum atomic E-state index is 5.45. The molecule has 0 unspecified atom stereocenters. The minimum atomic E-state index is 0.617. The summed E-state index contributed by atoms with van der Waals surface area (Å²) in [4.78, 5) is 0. The SMILES string of the molecule is CCn1c(SCc2cc(-c3ccccc3)no2)nnc1C1CC1. The molecule has 2 heterocycles. The molecule has 1 aromatic carbocycles. The zero-order valence-corrected chi connectivity index (χ0v) is 13.8. The molecule has 6 heteroatoms. The van der Waals surface area contributed by atoms with Gasteiger partial charge in [0.2, 0.25) is 0 Å². The predicted octanol–water partition coefficient (Wildman–Crippen LogP) is 4.12. The van der Waals surface area contributed by atoms with Crippen molar-refractivity contribution in [3.8, 4) is 11.3 Å². The average Bonchev–Trinajstić information content (AvgIpc) is 3.19. The van der Waals surface area contributed by atoms with E-state index in [9.17, 15) is 0 Å². The molecule has 0 aliphatic heterocycles. The van der Waals surface area contributed by atoms with E-state index >= 15 is 0 Å². The molecule has 0 atom stereocenters. The van der Waals surface area contributed by atoms with E-state index in [0.717, 1.165) is 34.5 Å². The summed E-state index contributed by atoms with van der Waals surface area (Å²) in [6, 6.07) is 12.1. The lowest BCUT2D eigenvalue weighted by atomic mass is 10.1. The minimum Gasteiger partial charge on any atom is -0.360 e. The first-order chi connectivity index (χ1) is 11.3. The Morgan fingerprint density at radius 1 is 1.22 bits per heavy atom. The van der Waals surface area contributed by atoms with Gasteiger partial charge in [-0.05, 0) is 19.8 Å². The van der Waals surface area contributed by atoms with Crippen LogP contribution in [0.4, 0.5) is 0 Å². The largest absolute Gasteiger partial charge is 0.360 e. The molecule has 0 saturated heterocycles. The molecule has 0 amide bonds. The number of benzene rings is 1. The number of aromatic nitrogens is 4. The van der Waals surface area contributed by atoms with Gasteiger partial charge in [0, 0.05) is 24.1 Å². The summed E-state index contributed by atoms with van der Waals surface area (Å²) in [5, 5.41) is 13.8. The number of nitrogens with zero attached hydrogens (tertiary/aromatic N) is 4. The van der Waals surface area contributed by atoms with Gasteiger partial charge in [-0.25, -0.2) is 0 Å². The van der Waals surface area contributed by atoms with Gasteiger partial charge in [-0.2, -0.15) is 0 Å². The van der Waals surface area contributed by atoms with E-state index < -0.39 is 0 Å². The third-order valence-corrected chi connectivity index (χ3v) is 4.97. The van der Waals surface area contributed by atoms with Crippen molar-refractivity contribution in [2.75, 3.05) is 0 Å². The molecule has 5 nitrogen and oxygen atoms in total. The van der Waals surface area contributed by atoms with Crippen LogP contribution in [-0.4, -0.2) is 19.9 Å². The second-order valence-electron chi connectivity index (χ2n) is 5.69. The molecule has 3 aromatic rings. The number of rotatable bonds is 6. The molecule has 0 spiro atoms. The van der Waals surface area contributed by atoms with Crippen LogP contribution in [0.25, 0.3) is 11.3 Å². The maximum Gasteiger partial charge on any atom is 0.191 e. The Morgan fingerprint density at radius 3 is 2.78 bits per heavy atom. The molecular weight excluding hydrogens is 308 g/mol. The molecule has 1 aliphatic rings. The Labute approximate surface area is 139 Å². The molecular formula is C17H18N4OS. The molecule has 0 radical (unpaired) electrons.